The molecular formula is C23H24N4O3S2. The first-order valence-corrected chi connectivity index (χ1v) is 11.9. The van der Waals surface area contributed by atoms with Gasteiger partial charge in [-0.3, -0.25) is 19.1 Å². The maximum Gasteiger partial charge on any atom is 0.270 e. The van der Waals surface area contributed by atoms with Crippen molar-refractivity contribution in [3.63, 3.8) is 0 Å². The van der Waals surface area contributed by atoms with E-state index in [1.807, 2.05) is 19.1 Å². The van der Waals surface area contributed by atoms with Crippen LogP contribution in [0.3, 0.4) is 0 Å². The van der Waals surface area contributed by atoms with Crippen LogP contribution in [-0.2, 0) is 17.9 Å². The molecule has 1 N–H and O–H groups in total. The number of furan rings is 1. The topological polar surface area (TPSA) is 91.3 Å². The van der Waals surface area contributed by atoms with Gasteiger partial charge in [-0.25, -0.2) is 0 Å². The molecule has 1 saturated carbocycles. The number of aromatic nitrogens is 1. The van der Waals surface area contributed by atoms with E-state index in [2.05, 4.69) is 5.32 Å². The third-order valence-electron chi connectivity index (χ3n) is 5.99. The third-order valence-corrected chi connectivity index (χ3v) is 7.32. The molecule has 4 rings (SSSR count). The van der Waals surface area contributed by atoms with Gasteiger partial charge in [0, 0.05) is 18.2 Å². The number of hydrogen-bond acceptors (Lipinski definition) is 7. The summed E-state index contributed by atoms with van der Waals surface area (Å²) in [5.74, 6) is 1.16. The van der Waals surface area contributed by atoms with Gasteiger partial charge >= 0.3 is 0 Å². The highest BCUT2D eigenvalue weighted by Crippen LogP contribution is 2.39. The fourth-order valence-corrected chi connectivity index (χ4v) is 5.71. The van der Waals surface area contributed by atoms with Crippen molar-refractivity contribution in [3.8, 4) is 6.07 Å². The van der Waals surface area contributed by atoms with Gasteiger partial charge in [0.1, 0.15) is 27.5 Å². The number of thiocarbonyl (C=S) groups is 1. The molecule has 0 atom stereocenters. The number of hydrogen-bond donors (Lipinski definition) is 1. The molecule has 9 heteroatoms. The molecule has 1 amide bonds. The van der Waals surface area contributed by atoms with Gasteiger partial charge in [-0.1, -0.05) is 36.8 Å². The molecule has 0 unspecified atom stereocenters. The van der Waals surface area contributed by atoms with Crippen molar-refractivity contribution in [2.45, 2.75) is 58.7 Å². The number of nitriles is 1. The summed E-state index contributed by atoms with van der Waals surface area (Å²) in [6.07, 6.45) is 7.49. The summed E-state index contributed by atoms with van der Waals surface area (Å²) in [6, 6.07) is 5.83. The highest BCUT2D eigenvalue weighted by Gasteiger charge is 2.38. The Balaban J connectivity index is 1.80. The molecule has 2 aromatic rings. The fourth-order valence-electron chi connectivity index (χ4n) is 4.33. The molecule has 7 nitrogen and oxygen atoms in total. The lowest BCUT2D eigenvalue weighted by Crippen LogP contribution is -2.36. The van der Waals surface area contributed by atoms with Gasteiger partial charge in [0.15, 0.2) is 0 Å². The average Bonchev–Trinajstić information content (AvgIpc) is 3.52. The summed E-state index contributed by atoms with van der Waals surface area (Å²) in [5.41, 5.74) is 0.898. The van der Waals surface area contributed by atoms with E-state index in [-0.39, 0.29) is 23.1 Å². The Morgan fingerprint density at radius 2 is 2.12 bits per heavy atom. The zero-order chi connectivity index (χ0) is 22.8. The molecule has 0 aromatic carbocycles. The molecule has 1 aliphatic heterocycles. The summed E-state index contributed by atoms with van der Waals surface area (Å²) in [7, 11) is 0. The standard InChI is InChI=1S/C23H24N4O3S2/c1-3-26-20(25-13-16-9-6-10-30-16)17(14(2)18(12-24)21(26)28)11-19-22(29)27(23(31)32-19)15-7-4-5-8-15/h6,9-11,15,25H,3-5,7-8,13H2,1-2H3/b19-11-. The molecule has 3 heterocycles. The van der Waals surface area contributed by atoms with E-state index in [0.29, 0.717) is 45.0 Å². The van der Waals surface area contributed by atoms with Gasteiger partial charge in [-0.15, -0.1) is 0 Å². The van der Waals surface area contributed by atoms with E-state index >= 15 is 0 Å². The van der Waals surface area contributed by atoms with Crippen molar-refractivity contribution < 1.29 is 9.21 Å². The molecule has 0 radical (unpaired) electrons. The number of nitrogens with zero attached hydrogens (tertiary/aromatic N) is 3. The summed E-state index contributed by atoms with van der Waals surface area (Å²) >= 11 is 6.81. The first-order valence-electron chi connectivity index (χ1n) is 10.7. The van der Waals surface area contributed by atoms with Crippen molar-refractivity contribution in [1.82, 2.24) is 9.47 Å². The smallest absolute Gasteiger partial charge is 0.270 e. The summed E-state index contributed by atoms with van der Waals surface area (Å²) in [5, 5.41) is 12.9. The molecule has 2 fully saturated rings. The number of amides is 1. The van der Waals surface area contributed by atoms with Gasteiger partial charge < -0.3 is 9.73 Å². The van der Waals surface area contributed by atoms with Crippen LogP contribution in [0.2, 0.25) is 0 Å². The summed E-state index contributed by atoms with van der Waals surface area (Å²) in [6.45, 7) is 4.32. The SMILES string of the molecule is CCn1c(NCc2ccco2)c(/C=C2\SC(=S)N(C3CCCC3)C2=O)c(C)c(C#N)c1=O. The number of thioether (sulfide) groups is 1. The van der Waals surface area contributed by atoms with Gasteiger partial charge in [-0.05, 0) is 50.5 Å². The van der Waals surface area contributed by atoms with E-state index in [1.54, 1.807) is 30.2 Å². The van der Waals surface area contributed by atoms with Crippen LogP contribution in [0.4, 0.5) is 5.82 Å². The average molecular weight is 469 g/mol. The second-order valence-electron chi connectivity index (χ2n) is 7.85. The number of carbonyl (C=O) groups excluding carboxylic acids is 1. The Hall–Kier alpha value is -2.83. The maximum atomic E-state index is 13.2. The third kappa shape index (κ3) is 4.00. The molecule has 1 saturated heterocycles. The fraction of sp³-hybridized carbons (Fsp3) is 0.391. The molecule has 2 aromatic heterocycles. The Labute approximate surface area is 196 Å². The molecule has 0 spiro atoms. The van der Waals surface area contributed by atoms with E-state index < -0.39 is 0 Å². The minimum absolute atomic E-state index is 0.0768. The molecule has 2 aliphatic rings. The largest absolute Gasteiger partial charge is 0.467 e. The van der Waals surface area contributed by atoms with Crippen LogP contribution < -0.4 is 10.9 Å². The van der Waals surface area contributed by atoms with Gasteiger partial charge in [0.05, 0.1) is 17.7 Å². The molecule has 166 valence electrons. The van der Waals surface area contributed by atoms with Gasteiger partial charge in [0.25, 0.3) is 11.5 Å². The normalized spacial score (nSPS) is 18.0. The Morgan fingerprint density at radius 1 is 1.38 bits per heavy atom. The Morgan fingerprint density at radius 3 is 2.75 bits per heavy atom. The lowest BCUT2D eigenvalue weighted by molar-refractivity contribution is -0.123. The molecule has 0 bridgehead atoms. The monoisotopic (exact) mass is 468 g/mol. The molecule has 1 aliphatic carbocycles. The van der Waals surface area contributed by atoms with Crippen molar-refractivity contribution in [2.75, 3.05) is 5.32 Å². The second kappa shape index (κ2) is 9.35. The van der Waals surface area contributed by atoms with Crippen LogP contribution in [-0.4, -0.2) is 25.7 Å². The summed E-state index contributed by atoms with van der Waals surface area (Å²) < 4.78 is 7.51. The van der Waals surface area contributed by atoms with Crippen LogP contribution in [0.1, 0.15) is 55.1 Å². The minimum atomic E-state index is -0.356. The summed E-state index contributed by atoms with van der Waals surface area (Å²) in [4.78, 5) is 28.4. The van der Waals surface area contributed by atoms with Gasteiger partial charge in [0.2, 0.25) is 0 Å². The minimum Gasteiger partial charge on any atom is -0.467 e. The Kier molecular flexibility index (Phi) is 6.53. The number of nitrogens with one attached hydrogen (secondary N) is 1. The maximum absolute atomic E-state index is 13.2. The number of pyridine rings is 1. The van der Waals surface area contributed by atoms with Gasteiger partial charge in [-0.2, -0.15) is 5.26 Å². The number of rotatable bonds is 6. The highest BCUT2D eigenvalue weighted by atomic mass is 32.2. The second-order valence-corrected chi connectivity index (χ2v) is 9.52. The van der Waals surface area contributed by atoms with E-state index in [9.17, 15) is 14.9 Å². The van der Waals surface area contributed by atoms with Crippen LogP contribution >= 0.6 is 24.0 Å². The predicted molar refractivity (Wildman–Crippen MR) is 129 cm³/mol. The first kappa shape index (κ1) is 22.4. The lowest BCUT2D eigenvalue weighted by atomic mass is 10.0. The van der Waals surface area contributed by atoms with E-state index in [1.165, 1.54) is 16.3 Å². The lowest BCUT2D eigenvalue weighted by Gasteiger charge is -2.22. The van der Waals surface area contributed by atoms with E-state index in [0.717, 1.165) is 25.7 Å². The molecular weight excluding hydrogens is 444 g/mol. The van der Waals surface area contributed by atoms with E-state index in [4.69, 9.17) is 16.6 Å². The zero-order valence-electron chi connectivity index (χ0n) is 18.0. The highest BCUT2D eigenvalue weighted by molar-refractivity contribution is 8.26. The van der Waals surface area contributed by atoms with Crippen molar-refractivity contribution >= 4 is 46.1 Å². The van der Waals surface area contributed by atoms with Crippen LogP contribution in [0, 0.1) is 18.3 Å². The van der Waals surface area contributed by atoms with Crippen LogP contribution in [0.25, 0.3) is 6.08 Å². The number of carbonyl (C=O) groups is 1. The van der Waals surface area contributed by atoms with Crippen molar-refractivity contribution in [2.24, 2.45) is 0 Å². The first-order chi connectivity index (χ1) is 15.5. The molecule has 32 heavy (non-hydrogen) atoms. The zero-order valence-corrected chi connectivity index (χ0v) is 19.6. The van der Waals surface area contributed by atoms with Crippen molar-refractivity contribution in [3.05, 3.63) is 56.1 Å². The Bertz CT molecular complexity index is 1190. The number of anilines is 1. The van der Waals surface area contributed by atoms with Crippen LogP contribution in [0.15, 0.2) is 32.5 Å². The van der Waals surface area contributed by atoms with Crippen molar-refractivity contribution in [1.29, 1.82) is 5.26 Å². The predicted octanol–water partition coefficient (Wildman–Crippen LogP) is 4.40. The van der Waals surface area contributed by atoms with Crippen LogP contribution in [0.5, 0.6) is 0 Å². The quantitative estimate of drug-likeness (QED) is 0.496.